The van der Waals surface area contributed by atoms with Crippen LogP contribution < -0.4 is 14.4 Å². The Balaban J connectivity index is 1.03. The molecule has 6 nitrogen and oxygen atoms in total. The third-order valence-corrected chi connectivity index (χ3v) is 6.14. The van der Waals surface area contributed by atoms with Gasteiger partial charge in [0.2, 0.25) is 0 Å². The number of hydrogen-bond donors (Lipinski definition) is 0. The van der Waals surface area contributed by atoms with Gasteiger partial charge in [0.15, 0.2) is 0 Å². The fourth-order valence-electron chi connectivity index (χ4n) is 4.46. The molecule has 2 aromatic carbocycles. The van der Waals surface area contributed by atoms with Gasteiger partial charge in [-0.25, -0.2) is 4.99 Å². The molecule has 156 valence electrons. The predicted molar refractivity (Wildman–Crippen MR) is 117 cm³/mol. The number of anilines is 1. The lowest BCUT2D eigenvalue weighted by atomic mass is 10.1. The van der Waals surface area contributed by atoms with Crippen LogP contribution in [0.2, 0.25) is 0 Å². The van der Waals surface area contributed by atoms with Crippen LogP contribution >= 0.6 is 0 Å². The number of carbonyl (C=O) groups is 1. The average molecular weight is 405 g/mol. The summed E-state index contributed by atoms with van der Waals surface area (Å²) in [6.07, 6.45) is 4.75. The SMILES string of the molecule is O=C1N=Cc2ccc(OCCCCN3CCN(c4cccc5c4CCO5)CC3)cc21. The van der Waals surface area contributed by atoms with Crippen molar-refractivity contribution in [3.8, 4) is 11.5 Å². The Hall–Kier alpha value is -2.86. The Morgan fingerprint density at radius 1 is 1.07 bits per heavy atom. The number of benzene rings is 2. The van der Waals surface area contributed by atoms with Crippen LogP contribution in [0.3, 0.4) is 0 Å². The van der Waals surface area contributed by atoms with Crippen LogP contribution in [0.1, 0.15) is 34.3 Å². The highest BCUT2D eigenvalue weighted by atomic mass is 16.5. The number of hydrogen-bond acceptors (Lipinski definition) is 5. The summed E-state index contributed by atoms with van der Waals surface area (Å²) in [5.41, 5.74) is 4.25. The van der Waals surface area contributed by atoms with E-state index in [0.717, 1.165) is 75.7 Å². The number of amides is 1. The van der Waals surface area contributed by atoms with Crippen molar-refractivity contribution in [1.82, 2.24) is 4.90 Å². The molecule has 0 bridgehead atoms. The number of rotatable bonds is 7. The normalized spacial score (nSPS) is 17.7. The van der Waals surface area contributed by atoms with Gasteiger partial charge in [-0.3, -0.25) is 9.69 Å². The van der Waals surface area contributed by atoms with Crippen molar-refractivity contribution in [3.63, 3.8) is 0 Å². The van der Waals surface area contributed by atoms with Crippen molar-refractivity contribution in [2.75, 3.05) is 50.8 Å². The molecular weight excluding hydrogens is 378 g/mol. The fraction of sp³-hybridized carbons (Fsp3) is 0.417. The fourth-order valence-corrected chi connectivity index (χ4v) is 4.46. The number of fused-ring (bicyclic) bond motifs is 2. The summed E-state index contributed by atoms with van der Waals surface area (Å²) in [5, 5.41) is 0. The van der Waals surface area contributed by atoms with Crippen LogP contribution in [0.15, 0.2) is 41.4 Å². The summed E-state index contributed by atoms with van der Waals surface area (Å²) in [6, 6.07) is 12.0. The molecule has 1 fully saturated rings. The van der Waals surface area contributed by atoms with E-state index in [9.17, 15) is 4.79 Å². The van der Waals surface area contributed by atoms with Gasteiger partial charge in [0.1, 0.15) is 11.5 Å². The minimum absolute atomic E-state index is 0.178. The molecule has 0 spiro atoms. The highest BCUT2D eigenvalue weighted by Crippen LogP contribution is 2.34. The number of piperazine rings is 1. The van der Waals surface area contributed by atoms with E-state index in [0.29, 0.717) is 12.2 Å². The summed E-state index contributed by atoms with van der Waals surface area (Å²) in [6.45, 7) is 6.91. The molecule has 0 radical (unpaired) electrons. The third kappa shape index (κ3) is 3.92. The quantitative estimate of drug-likeness (QED) is 0.663. The number of unbranched alkanes of at least 4 members (excludes halogenated alkanes) is 1. The first kappa shape index (κ1) is 19.1. The highest BCUT2D eigenvalue weighted by molar-refractivity contribution is 6.13. The van der Waals surface area contributed by atoms with E-state index >= 15 is 0 Å². The molecule has 0 N–H and O–H groups in total. The molecule has 3 aliphatic rings. The molecular formula is C24H27N3O3. The highest BCUT2D eigenvalue weighted by Gasteiger charge is 2.23. The largest absolute Gasteiger partial charge is 0.494 e. The molecule has 0 saturated carbocycles. The molecule has 0 atom stereocenters. The second-order valence-corrected chi connectivity index (χ2v) is 8.05. The van der Waals surface area contributed by atoms with Crippen LogP contribution in [-0.4, -0.2) is 63.0 Å². The Labute approximate surface area is 177 Å². The van der Waals surface area contributed by atoms with Gasteiger partial charge in [0.25, 0.3) is 5.91 Å². The number of ether oxygens (including phenoxy) is 2. The van der Waals surface area contributed by atoms with Crippen LogP contribution in [-0.2, 0) is 6.42 Å². The maximum absolute atomic E-state index is 11.7. The van der Waals surface area contributed by atoms with E-state index in [4.69, 9.17) is 9.47 Å². The van der Waals surface area contributed by atoms with Gasteiger partial charge in [-0.15, -0.1) is 0 Å². The van der Waals surface area contributed by atoms with Gasteiger partial charge >= 0.3 is 0 Å². The first-order valence-electron chi connectivity index (χ1n) is 10.9. The lowest BCUT2D eigenvalue weighted by molar-refractivity contribution is 0.101. The van der Waals surface area contributed by atoms with Crippen molar-refractivity contribution in [2.45, 2.75) is 19.3 Å². The summed E-state index contributed by atoms with van der Waals surface area (Å²) in [7, 11) is 0. The van der Waals surface area contributed by atoms with Crippen molar-refractivity contribution < 1.29 is 14.3 Å². The van der Waals surface area contributed by atoms with Gasteiger partial charge in [-0.1, -0.05) is 6.07 Å². The maximum atomic E-state index is 11.7. The van der Waals surface area contributed by atoms with Crippen LogP contribution in [0.4, 0.5) is 5.69 Å². The van der Waals surface area contributed by atoms with E-state index in [1.54, 1.807) is 12.3 Å². The van der Waals surface area contributed by atoms with E-state index in [1.807, 2.05) is 12.1 Å². The first-order valence-corrected chi connectivity index (χ1v) is 10.9. The van der Waals surface area contributed by atoms with Gasteiger partial charge in [0.05, 0.1) is 18.8 Å². The van der Waals surface area contributed by atoms with Gasteiger partial charge < -0.3 is 14.4 Å². The standard InChI is InChI=1S/C24H27N3O3/c28-24-21-16-19(7-6-18(21)17-25-24)29-14-2-1-9-26-10-12-27(13-11-26)22-4-3-5-23-20(22)8-15-30-23/h3-7,16-17H,1-2,8-15H2. The molecule has 5 rings (SSSR count). The van der Waals surface area contributed by atoms with E-state index < -0.39 is 0 Å². The molecule has 0 aromatic heterocycles. The number of nitrogens with zero attached hydrogens (tertiary/aromatic N) is 3. The Morgan fingerprint density at radius 2 is 1.97 bits per heavy atom. The summed E-state index contributed by atoms with van der Waals surface area (Å²) < 4.78 is 11.6. The smallest absolute Gasteiger partial charge is 0.277 e. The van der Waals surface area contributed by atoms with Crippen LogP contribution in [0, 0.1) is 0 Å². The number of aliphatic imine (C=N–C) groups is 1. The van der Waals surface area contributed by atoms with Gasteiger partial charge in [0, 0.05) is 55.6 Å². The average Bonchev–Trinajstić information content (AvgIpc) is 3.41. The molecule has 30 heavy (non-hydrogen) atoms. The van der Waals surface area contributed by atoms with Crippen LogP contribution in [0.25, 0.3) is 0 Å². The van der Waals surface area contributed by atoms with Crippen molar-refractivity contribution in [1.29, 1.82) is 0 Å². The Kier molecular flexibility index (Phi) is 5.41. The molecule has 2 aromatic rings. The van der Waals surface area contributed by atoms with Crippen LogP contribution in [0.5, 0.6) is 11.5 Å². The summed E-state index contributed by atoms with van der Waals surface area (Å²) in [5.74, 6) is 1.64. The second-order valence-electron chi connectivity index (χ2n) is 8.05. The molecule has 0 unspecified atom stereocenters. The summed E-state index contributed by atoms with van der Waals surface area (Å²) in [4.78, 5) is 20.5. The topological polar surface area (TPSA) is 54.4 Å². The van der Waals surface area contributed by atoms with E-state index in [1.165, 1.54) is 11.3 Å². The van der Waals surface area contributed by atoms with Crippen molar-refractivity contribution in [2.24, 2.45) is 4.99 Å². The first-order chi connectivity index (χ1) is 14.8. The molecule has 6 heteroatoms. The van der Waals surface area contributed by atoms with E-state index in [2.05, 4.69) is 33.0 Å². The zero-order valence-corrected chi connectivity index (χ0v) is 17.2. The molecule has 0 aliphatic carbocycles. The minimum Gasteiger partial charge on any atom is -0.494 e. The Morgan fingerprint density at radius 3 is 2.87 bits per heavy atom. The number of carbonyl (C=O) groups excluding carboxylic acids is 1. The van der Waals surface area contributed by atoms with Crippen molar-refractivity contribution in [3.05, 3.63) is 53.1 Å². The lowest BCUT2D eigenvalue weighted by Crippen LogP contribution is -2.46. The molecule has 3 heterocycles. The Bertz CT molecular complexity index is 964. The molecule has 1 amide bonds. The van der Waals surface area contributed by atoms with E-state index in [-0.39, 0.29) is 5.91 Å². The van der Waals surface area contributed by atoms with Gasteiger partial charge in [-0.2, -0.15) is 0 Å². The zero-order chi connectivity index (χ0) is 20.3. The second kappa shape index (κ2) is 8.48. The lowest BCUT2D eigenvalue weighted by Gasteiger charge is -2.36. The zero-order valence-electron chi connectivity index (χ0n) is 17.2. The third-order valence-electron chi connectivity index (χ3n) is 6.14. The minimum atomic E-state index is -0.178. The summed E-state index contributed by atoms with van der Waals surface area (Å²) >= 11 is 0. The molecule has 3 aliphatic heterocycles. The van der Waals surface area contributed by atoms with Crippen molar-refractivity contribution >= 4 is 17.8 Å². The monoisotopic (exact) mass is 405 g/mol. The molecule has 1 saturated heterocycles. The van der Waals surface area contributed by atoms with Gasteiger partial charge in [-0.05, 0) is 49.7 Å². The maximum Gasteiger partial charge on any atom is 0.277 e. The predicted octanol–water partition coefficient (Wildman–Crippen LogP) is 3.18.